The molecule has 2 amide bonds. The molecule has 3 N–H and O–H groups in total. The van der Waals surface area contributed by atoms with Crippen LogP contribution in [-0.4, -0.2) is 77.1 Å². The Morgan fingerprint density at radius 2 is 1.81 bits per heavy atom. The van der Waals surface area contributed by atoms with Gasteiger partial charge < -0.3 is 19.8 Å². The fraction of sp³-hybridized carbons (Fsp3) is 0.400. The minimum absolute atomic E-state index is 0.128. The molecule has 11 nitrogen and oxygen atoms in total. The fourth-order valence-corrected chi connectivity index (χ4v) is 5.99. The highest BCUT2D eigenvalue weighted by atomic mass is 31.2. The molecular weight excluding hydrogens is 499 g/mol. The summed E-state index contributed by atoms with van der Waals surface area (Å²) in [6, 6.07) is 16.7. The predicted octanol–water partition coefficient (Wildman–Crippen LogP) is 1.86. The summed E-state index contributed by atoms with van der Waals surface area (Å²) in [4.78, 5) is 41.1. The highest BCUT2D eigenvalue weighted by Gasteiger charge is 2.51. The normalized spacial score (nSPS) is 22.3. The predicted molar refractivity (Wildman–Crippen MR) is 135 cm³/mol. The average Bonchev–Trinajstić information content (AvgIpc) is 3.25. The van der Waals surface area contributed by atoms with Crippen molar-refractivity contribution < 1.29 is 33.1 Å². The van der Waals surface area contributed by atoms with Crippen molar-refractivity contribution in [2.45, 2.75) is 31.5 Å². The van der Waals surface area contributed by atoms with E-state index in [1.54, 1.807) is 30.3 Å². The maximum Gasteiger partial charge on any atom is 0.459 e. The molecule has 37 heavy (non-hydrogen) atoms. The molecular formula is C25H31N4O7P. The van der Waals surface area contributed by atoms with E-state index in [-0.39, 0.29) is 18.2 Å². The minimum Gasteiger partial charge on any atom is -0.480 e. The molecule has 2 aliphatic heterocycles. The highest BCUT2D eigenvalue weighted by molar-refractivity contribution is 7.52. The van der Waals surface area contributed by atoms with Gasteiger partial charge in [0.05, 0.1) is 0 Å². The van der Waals surface area contributed by atoms with Crippen LogP contribution >= 0.6 is 7.75 Å². The van der Waals surface area contributed by atoms with E-state index in [4.69, 9.17) is 9.05 Å². The molecule has 198 valence electrons. The van der Waals surface area contributed by atoms with Crippen LogP contribution in [0.5, 0.6) is 5.75 Å². The molecule has 2 saturated heterocycles. The number of hydrogen-bond acceptors (Lipinski definition) is 7. The topological polar surface area (TPSA) is 138 Å². The summed E-state index contributed by atoms with van der Waals surface area (Å²) in [5, 5.41) is 14.5. The smallest absolute Gasteiger partial charge is 0.459 e. The van der Waals surface area contributed by atoms with E-state index in [1.807, 2.05) is 30.3 Å². The van der Waals surface area contributed by atoms with Crippen LogP contribution in [0.1, 0.15) is 18.9 Å². The van der Waals surface area contributed by atoms with Crippen LogP contribution in [0.3, 0.4) is 0 Å². The van der Waals surface area contributed by atoms with Gasteiger partial charge >= 0.3 is 13.7 Å². The number of amides is 2. The Bertz CT molecular complexity index is 1170. The van der Waals surface area contributed by atoms with Crippen LogP contribution in [0, 0.1) is 0 Å². The molecule has 2 unspecified atom stereocenters. The maximum atomic E-state index is 13.4. The van der Waals surface area contributed by atoms with Gasteiger partial charge in [-0.15, -0.1) is 0 Å². The van der Waals surface area contributed by atoms with Crippen molar-refractivity contribution in [2.24, 2.45) is 0 Å². The summed E-state index contributed by atoms with van der Waals surface area (Å²) in [7, 11) is -4.23. The maximum absolute atomic E-state index is 13.4. The molecule has 0 bridgehead atoms. The third kappa shape index (κ3) is 6.37. The van der Waals surface area contributed by atoms with Crippen molar-refractivity contribution in [2.75, 3.05) is 32.8 Å². The highest BCUT2D eigenvalue weighted by Crippen LogP contribution is 2.45. The van der Waals surface area contributed by atoms with Crippen molar-refractivity contribution in [1.82, 2.24) is 20.2 Å². The number of carbonyl (C=O) groups is 3. The van der Waals surface area contributed by atoms with Crippen molar-refractivity contribution in [1.29, 1.82) is 0 Å². The Morgan fingerprint density at radius 3 is 2.43 bits per heavy atom. The number of para-hydroxylation sites is 1. The summed E-state index contributed by atoms with van der Waals surface area (Å²) >= 11 is 0. The van der Waals surface area contributed by atoms with Crippen molar-refractivity contribution in [3.8, 4) is 5.75 Å². The van der Waals surface area contributed by atoms with Crippen LogP contribution < -0.4 is 14.9 Å². The molecule has 12 heteroatoms. The lowest BCUT2D eigenvalue weighted by Gasteiger charge is -2.47. The minimum atomic E-state index is -4.23. The number of carboxylic acids is 1. The van der Waals surface area contributed by atoms with E-state index in [1.165, 1.54) is 11.8 Å². The average molecular weight is 531 g/mol. The molecule has 2 aromatic carbocycles. The van der Waals surface area contributed by atoms with Gasteiger partial charge in [0, 0.05) is 32.7 Å². The number of nitrogens with zero attached hydrogens (tertiary/aromatic N) is 2. The van der Waals surface area contributed by atoms with Gasteiger partial charge in [-0.25, -0.2) is 4.57 Å². The lowest BCUT2D eigenvalue weighted by molar-refractivity contribution is -0.145. The van der Waals surface area contributed by atoms with Crippen LogP contribution in [0.25, 0.3) is 0 Å². The van der Waals surface area contributed by atoms with E-state index in [2.05, 4.69) is 15.3 Å². The SMILES string of the molecule is C[C@H](NP(=O)(OCC(=O)N1CCN(Cc2ccccc2)C2(CCNC2=O)C1)Oc1ccccc1)C(=O)O. The number of aliphatic carboxylic acids is 1. The van der Waals surface area contributed by atoms with Gasteiger partial charge in [-0.05, 0) is 31.0 Å². The van der Waals surface area contributed by atoms with Gasteiger partial charge in [0.1, 0.15) is 23.9 Å². The Balaban J connectivity index is 1.45. The Labute approximate surface area is 215 Å². The Morgan fingerprint density at radius 1 is 1.14 bits per heavy atom. The number of benzene rings is 2. The number of hydrogen-bond donors (Lipinski definition) is 3. The molecule has 0 aliphatic carbocycles. The van der Waals surface area contributed by atoms with Crippen LogP contribution in [0.15, 0.2) is 60.7 Å². The molecule has 2 fully saturated rings. The van der Waals surface area contributed by atoms with Crippen molar-refractivity contribution in [3.05, 3.63) is 66.2 Å². The number of piperazine rings is 1. The van der Waals surface area contributed by atoms with Gasteiger partial charge in [-0.1, -0.05) is 48.5 Å². The largest absolute Gasteiger partial charge is 0.480 e. The molecule has 4 rings (SSSR count). The summed E-state index contributed by atoms with van der Waals surface area (Å²) in [5.41, 5.74) is 0.201. The number of carbonyl (C=O) groups excluding carboxylic acids is 2. The lowest BCUT2D eigenvalue weighted by atomic mass is 9.91. The first-order chi connectivity index (χ1) is 17.7. The second-order valence-corrected chi connectivity index (χ2v) is 10.8. The van der Waals surface area contributed by atoms with Crippen LogP contribution in [0.2, 0.25) is 0 Å². The van der Waals surface area contributed by atoms with E-state index >= 15 is 0 Å². The molecule has 0 radical (unpaired) electrons. The van der Waals surface area contributed by atoms with Crippen molar-refractivity contribution in [3.63, 3.8) is 0 Å². The van der Waals surface area contributed by atoms with E-state index in [0.29, 0.717) is 32.6 Å². The number of nitrogens with one attached hydrogen (secondary N) is 2. The summed E-state index contributed by atoms with van der Waals surface area (Å²) in [5.74, 6) is -1.66. The van der Waals surface area contributed by atoms with Gasteiger partial charge in [0.15, 0.2) is 0 Å². The first-order valence-electron chi connectivity index (χ1n) is 12.1. The van der Waals surface area contributed by atoms with Gasteiger partial charge in [0.25, 0.3) is 0 Å². The first kappa shape index (κ1) is 26.8. The monoisotopic (exact) mass is 530 g/mol. The summed E-state index contributed by atoms with van der Waals surface area (Å²) < 4.78 is 24.3. The Hall–Kier alpha value is -3.24. The van der Waals surface area contributed by atoms with Gasteiger partial charge in [-0.3, -0.25) is 23.8 Å². The van der Waals surface area contributed by atoms with Crippen molar-refractivity contribution >= 4 is 25.5 Å². The second-order valence-electron chi connectivity index (χ2n) is 9.12. The fourth-order valence-electron chi connectivity index (χ4n) is 4.54. The lowest BCUT2D eigenvalue weighted by Crippen LogP contribution is -2.66. The molecule has 2 aromatic rings. The van der Waals surface area contributed by atoms with E-state index in [9.17, 15) is 24.1 Å². The molecule has 3 atom stereocenters. The van der Waals surface area contributed by atoms with E-state index in [0.717, 1.165) is 5.56 Å². The number of rotatable bonds is 10. The zero-order chi connectivity index (χ0) is 26.5. The van der Waals surface area contributed by atoms with Crippen LogP contribution in [0.4, 0.5) is 0 Å². The van der Waals surface area contributed by atoms with Gasteiger partial charge in [-0.2, -0.15) is 5.09 Å². The summed E-state index contributed by atoms with van der Waals surface area (Å²) in [6.07, 6.45) is 0.552. The number of carboxylic acid groups (broad SMARTS) is 1. The Kier molecular flexibility index (Phi) is 8.29. The zero-order valence-electron chi connectivity index (χ0n) is 20.5. The van der Waals surface area contributed by atoms with E-state index < -0.39 is 37.8 Å². The molecule has 1 spiro atoms. The summed E-state index contributed by atoms with van der Waals surface area (Å²) in [6.45, 7) is 2.76. The standard InChI is InChI=1S/C25H31N4O7P/c1-19(23(31)32)27-37(34,36-21-10-6-3-7-11-21)35-17-22(30)28-14-15-29(16-20-8-4-2-5-9-20)25(18-28)12-13-26-24(25)33/h2-11,19H,12-18H2,1H3,(H,26,33)(H,27,34)(H,31,32)/t19-,25?,37?/m0/s1. The third-order valence-electron chi connectivity index (χ3n) is 6.56. The van der Waals surface area contributed by atoms with Gasteiger partial charge in [0.2, 0.25) is 11.8 Å². The molecule has 0 aromatic heterocycles. The quantitative estimate of drug-likeness (QED) is 0.393. The molecule has 2 aliphatic rings. The second kappa shape index (κ2) is 11.4. The third-order valence-corrected chi connectivity index (χ3v) is 8.19. The molecule has 2 heterocycles. The van der Waals surface area contributed by atoms with Crippen LogP contribution in [-0.2, 0) is 30.0 Å². The molecule has 0 saturated carbocycles. The first-order valence-corrected chi connectivity index (χ1v) is 13.6. The zero-order valence-corrected chi connectivity index (χ0v) is 21.4.